The van der Waals surface area contributed by atoms with Crippen LogP contribution in [0.5, 0.6) is 0 Å². The summed E-state index contributed by atoms with van der Waals surface area (Å²) in [5.41, 5.74) is -0.534. The van der Waals surface area contributed by atoms with Crippen LogP contribution in [0.3, 0.4) is 0 Å². The average molecular weight is 319 g/mol. The minimum atomic E-state index is -4.39. The summed E-state index contributed by atoms with van der Waals surface area (Å²) in [6, 6.07) is 5.13. The first-order chi connectivity index (χ1) is 9.68. The lowest BCUT2D eigenvalue weighted by atomic mass is 10.0. The summed E-state index contributed by atoms with van der Waals surface area (Å²) >= 11 is 0. The Labute approximate surface area is 122 Å². The van der Waals surface area contributed by atoms with Crippen molar-refractivity contribution in [3.05, 3.63) is 35.6 Å². The van der Waals surface area contributed by atoms with E-state index in [9.17, 15) is 17.4 Å². The van der Waals surface area contributed by atoms with Crippen LogP contribution >= 0.6 is 0 Å². The first-order valence-electron chi connectivity index (χ1n) is 6.44. The summed E-state index contributed by atoms with van der Waals surface area (Å²) in [6.07, 6.45) is -3.85. The summed E-state index contributed by atoms with van der Waals surface area (Å²) in [6.45, 7) is 3.63. The number of hydrogen-bond acceptors (Lipinski definition) is 2. The number of hydrogen-bond donors (Lipinski definition) is 1. The highest BCUT2D eigenvalue weighted by atomic mass is 32.2. The molecule has 0 amide bonds. The molecule has 3 nitrogen and oxygen atoms in total. The van der Waals surface area contributed by atoms with Gasteiger partial charge in [0.15, 0.2) is 0 Å². The van der Waals surface area contributed by atoms with Gasteiger partial charge in [-0.25, -0.2) is 4.21 Å². The highest BCUT2D eigenvalue weighted by Gasteiger charge is 2.31. The molecule has 0 aliphatic rings. The van der Waals surface area contributed by atoms with Gasteiger partial charge in [0, 0.05) is 16.6 Å². The lowest BCUT2D eigenvalue weighted by Gasteiger charge is -2.12. The molecule has 3 atom stereocenters. The molecular weight excluding hydrogens is 303 g/mol. The van der Waals surface area contributed by atoms with E-state index in [-0.39, 0.29) is 16.8 Å². The molecule has 0 fully saturated rings. The van der Waals surface area contributed by atoms with E-state index in [1.165, 1.54) is 6.07 Å². The van der Waals surface area contributed by atoms with Gasteiger partial charge in [-0.3, -0.25) is 5.14 Å². The van der Waals surface area contributed by atoms with Gasteiger partial charge in [-0.15, -0.1) is 0 Å². The lowest BCUT2D eigenvalue weighted by molar-refractivity contribution is -0.137. The monoisotopic (exact) mass is 319 g/mol. The molecule has 2 unspecified atom stereocenters. The van der Waals surface area contributed by atoms with E-state index in [0.29, 0.717) is 17.6 Å². The van der Waals surface area contributed by atoms with Crippen molar-refractivity contribution in [3.8, 4) is 0 Å². The average Bonchev–Trinajstić information content (AvgIpc) is 2.80. The number of benzene rings is 1. The molecule has 0 radical (unpaired) electrons. The van der Waals surface area contributed by atoms with E-state index in [1.807, 2.05) is 6.92 Å². The summed E-state index contributed by atoms with van der Waals surface area (Å²) in [4.78, 5) is 0. The minimum absolute atomic E-state index is 0.0748. The smallest absolute Gasteiger partial charge is 0.416 e. The maximum absolute atomic E-state index is 12.7. The third kappa shape index (κ3) is 3.65. The van der Waals surface area contributed by atoms with Crippen LogP contribution < -0.4 is 5.14 Å². The first-order valence-corrected chi connectivity index (χ1v) is 7.71. The maximum atomic E-state index is 12.7. The quantitative estimate of drug-likeness (QED) is 0.927. The zero-order valence-corrected chi connectivity index (χ0v) is 12.4. The van der Waals surface area contributed by atoms with Crippen LogP contribution in [0.2, 0.25) is 0 Å². The standard InChI is InChI=1S/C14H16F3NO2S/c1-8(5-9(2)21(18)19)12-6-10-3-4-11(14(15,16)17)7-13(10)20-12/h3-4,6-9H,5,18H2,1-2H3/t8-,9?,21?/m1/s1. The summed E-state index contributed by atoms with van der Waals surface area (Å²) in [5.74, 6) is 0.496. The molecule has 1 heterocycles. The zero-order valence-electron chi connectivity index (χ0n) is 11.6. The Morgan fingerprint density at radius 1 is 1.29 bits per heavy atom. The van der Waals surface area contributed by atoms with Crippen molar-refractivity contribution in [1.82, 2.24) is 0 Å². The third-order valence-corrected chi connectivity index (χ3v) is 4.42. The van der Waals surface area contributed by atoms with Gasteiger partial charge < -0.3 is 4.42 Å². The predicted octanol–water partition coefficient (Wildman–Crippen LogP) is 3.96. The Hall–Kier alpha value is -1.34. The molecule has 21 heavy (non-hydrogen) atoms. The molecule has 116 valence electrons. The first kappa shape index (κ1) is 16.0. The van der Waals surface area contributed by atoms with E-state index in [4.69, 9.17) is 9.56 Å². The van der Waals surface area contributed by atoms with Crippen molar-refractivity contribution in [2.24, 2.45) is 5.14 Å². The third-order valence-electron chi connectivity index (χ3n) is 3.43. The Bertz CT molecular complexity index is 666. The Morgan fingerprint density at radius 3 is 2.52 bits per heavy atom. The molecule has 0 saturated carbocycles. The van der Waals surface area contributed by atoms with Crippen molar-refractivity contribution in [2.75, 3.05) is 0 Å². The van der Waals surface area contributed by atoms with Gasteiger partial charge in [-0.05, 0) is 31.5 Å². The van der Waals surface area contributed by atoms with Crippen molar-refractivity contribution in [2.45, 2.75) is 37.6 Å². The highest BCUT2D eigenvalue weighted by molar-refractivity contribution is 7.83. The van der Waals surface area contributed by atoms with Crippen molar-refractivity contribution in [3.63, 3.8) is 0 Å². The van der Waals surface area contributed by atoms with Crippen LogP contribution in [0.25, 0.3) is 11.0 Å². The largest absolute Gasteiger partial charge is 0.461 e. The van der Waals surface area contributed by atoms with Crippen molar-refractivity contribution < 1.29 is 21.8 Å². The number of alkyl halides is 3. The Kier molecular flexibility index (Phi) is 4.43. The molecule has 0 spiro atoms. The van der Waals surface area contributed by atoms with Gasteiger partial charge in [0.25, 0.3) is 0 Å². The topological polar surface area (TPSA) is 56.2 Å². The number of furan rings is 1. The molecule has 0 saturated heterocycles. The number of halogens is 3. The van der Waals surface area contributed by atoms with Crippen LogP contribution in [0.4, 0.5) is 13.2 Å². The van der Waals surface area contributed by atoms with Gasteiger partial charge in [0.1, 0.15) is 11.3 Å². The van der Waals surface area contributed by atoms with Gasteiger partial charge >= 0.3 is 6.18 Å². The SMILES string of the molecule is CC(C[C@@H](C)c1cc2ccc(C(F)(F)F)cc2o1)S(N)=O. The summed E-state index contributed by atoms with van der Waals surface area (Å²) < 4.78 is 54.6. The van der Waals surface area contributed by atoms with Crippen LogP contribution in [-0.4, -0.2) is 9.46 Å². The molecule has 0 bridgehead atoms. The van der Waals surface area contributed by atoms with E-state index >= 15 is 0 Å². The molecular formula is C14H16F3NO2S. The molecule has 1 aromatic heterocycles. The molecule has 2 rings (SSSR count). The second-order valence-electron chi connectivity index (χ2n) is 5.18. The second-order valence-corrected chi connectivity index (χ2v) is 6.64. The van der Waals surface area contributed by atoms with Crippen LogP contribution in [0.15, 0.2) is 28.7 Å². The molecule has 7 heteroatoms. The van der Waals surface area contributed by atoms with E-state index in [1.54, 1.807) is 13.0 Å². The van der Waals surface area contributed by atoms with Gasteiger partial charge in [0.2, 0.25) is 0 Å². The van der Waals surface area contributed by atoms with Crippen molar-refractivity contribution in [1.29, 1.82) is 0 Å². The molecule has 0 aliphatic carbocycles. The summed E-state index contributed by atoms with van der Waals surface area (Å²) in [7, 11) is -1.43. The number of nitrogens with two attached hydrogens (primary N) is 1. The molecule has 0 aliphatic heterocycles. The fourth-order valence-electron chi connectivity index (χ4n) is 2.18. The predicted molar refractivity (Wildman–Crippen MR) is 76.0 cm³/mol. The number of fused-ring (bicyclic) bond motifs is 1. The Balaban J connectivity index is 2.28. The summed E-state index contributed by atoms with van der Waals surface area (Å²) in [5, 5.41) is 5.73. The van der Waals surface area contributed by atoms with Gasteiger partial charge in [-0.1, -0.05) is 13.0 Å². The fourth-order valence-corrected chi connectivity index (χ4v) is 2.66. The molecule has 2 aromatic rings. The molecule has 2 N–H and O–H groups in total. The maximum Gasteiger partial charge on any atom is 0.416 e. The van der Waals surface area contributed by atoms with Crippen LogP contribution in [0, 0.1) is 0 Å². The van der Waals surface area contributed by atoms with Crippen molar-refractivity contribution >= 4 is 22.0 Å². The van der Waals surface area contributed by atoms with E-state index in [0.717, 1.165) is 12.1 Å². The lowest BCUT2D eigenvalue weighted by Crippen LogP contribution is -2.20. The highest BCUT2D eigenvalue weighted by Crippen LogP contribution is 2.34. The van der Waals surface area contributed by atoms with Crippen LogP contribution in [-0.2, 0) is 17.2 Å². The van der Waals surface area contributed by atoms with Gasteiger partial charge in [0.05, 0.1) is 16.5 Å². The fraction of sp³-hybridized carbons (Fsp3) is 0.429. The minimum Gasteiger partial charge on any atom is -0.461 e. The van der Waals surface area contributed by atoms with Gasteiger partial charge in [-0.2, -0.15) is 13.2 Å². The second kappa shape index (κ2) is 5.81. The zero-order chi connectivity index (χ0) is 15.8. The van der Waals surface area contributed by atoms with E-state index < -0.39 is 22.7 Å². The van der Waals surface area contributed by atoms with Crippen LogP contribution in [0.1, 0.15) is 37.5 Å². The molecule has 1 aromatic carbocycles. The Morgan fingerprint density at radius 2 is 1.95 bits per heavy atom. The number of rotatable bonds is 4. The normalized spacial score (nSPS) is 16.9. The van der Waals surface area contributed by atoms with E-state index in [2.05, 4.69) is 0 Å².